The van der Waals surface area contributed by atoms with E-state index in [-0.39, 0.29) is 5.75 Å². The third-order valence-electron chi connectivity index (χ3n) is 6.03. The van der Waals surface area contributed by atoms with Gasteiger partial charge in [0.05, 0.1) is 16.3 Å². The number of fused-ring (bicyclic) bond motifs is 3. The van der Waals surface area contributed by atoms with Crippen molar-refractivity contribution in [1.82, 2.24) is 5.32 Å². The highest BCUT2D eigenvalue weighted by Crippen LogP contribution is 2.50. The summed E-state index contributed by atoms with van der Waals surface area (Å²) in [4.78, 5) is 2.82. The average molecular weight is 423 g/mol. The molecule has 0 bridgehead atoms. The first-order chi connectivity index (χ1) is 13.0. The molecule has 0 saturated carbocycles. The van der Waals surface area contributed by atoms with Crippen LogP contribution in [0.5, 0.6) is 0 Å². The largest absolute Gasteiger partial charge is 0.367 e. The lowest BCUT2D eigenvalue weighted by Gasteiger charge is -2.33. The maximum absolute atomic E-state index is 13.1. The van der Waals surface area contributed by atoms with Crippen LogP contribution >= 0.6 is 23.2 Å². The third-order valence-corrected chi connectivity index (χ3v) is 8.38. The van der Waals surface area contributed by atoms with Gasteiger partial charge in [-0.15, -0.1) is 0 Å². The normalized spacial score (nSPS) is 25.6. The van der Waals surface area contributed by atoms with Crippen molar-refractivity contribution < 1.29 is 8.42 Å². The first kappa shape index (κ1) is 17.8. The fourth-order valence-electron chi connectivity index (χ4n) is 4.85. The summed E-state index contributed by atoms with van der Waals surface area (Å²) in [6.07, 6.45) is 1.71. The van der Waals surface area contributed by atoms with Gasteiger partial charge in [-0.2, -0.15) is 0 Å². The predicted octanol–water partition coefficient (Wildman–Crippen LogP) is 4.10. The van der Waals surface area contributed by atoms with E-state index >= 15 is 0 Å². The highest BCUT2D eigenvalue weighted by atomic mass is 35.5. The van der Waals surface area contributed by atoms with Gasteiger partial charge in [-0.25, -0.2) is 8.42 Å². The van der Waals surface area contributed by atoms with Crippen LogP contribution in [0.4, 0.5) is 5.69 Å². The second-order valence-electron chi connectivity index (χ2n) is 7.57. The molecule has 2 aromatic carbocycles. The second kappa shape index (κ2) is 6.38. The van der Waals surface area contributed by atoms with Gasteiger partial charge in [-0.1, -0.05) is 29.3 Å². The van der Waals surface area contributed by atoms with Crippen LogP contribution in [-0.2, 0) is 9.84 Å². The van der Waals surface area contributed by atoms with Crippen molar-refractivity contribution in [3.05, 3.63) is 45.9 Å². The molecule has 0 aromatic heterocycles. The van der Waals surface area contributed by atoms with Gasteiger partial charge < -0.3 is 10.2 Å². The zero-order valence-electron chi connectivity index (χ0n) is 14.7. The number of rotatable bonds is 1. The second-order valence-corrected chi connectivity index (χ2v) is 10.5. The van der Waals surface area contributed by atoms with Crippen LogP contribution in [0.2, 0.25) is 10.0 Å². The van der Waals surface area contributed by atoms with Crippen molar-refractivity contribution >= 4 is 38.7 Å². The van der Waals surface area contributed by atoms with E-state index in [4.69, 9.17) is 23.2 Å². The average Bonchev–Trinajstić information content (AvgIpc) is 2.87. The highest BCUT2D eigenvalue weighted by molar-refractivity contribution is 7.91. The number of nitrogens with one attached hydrogen (secondary N) is 1. The van der Waals surface area contributed by atoms with Crippen molar-refractivity contribution in [3.8, 4) is 11.1 Å². The lowest BCUT2D eigenvalue weighted by molar-refractivity contribution is 0.403. The molecule has 0 aliphatic carbocycles. The van der Waals surface area contributed by atoms with Crippen molar-refractivity contribution in [2.75, 3.05) is 30.3 Å². The molecule has 3 aliphatic heterocycles. The van der Waals surface area contributed by atoms with Gasteiger partial charge in [-0.3, -0.25) is 0 Å². The molecule has 1 fully saturated rings. The number of piperidine rings is 1. The Morgan fingerprint density at radius 2 is 2.00 bits per heavy atom. The molecule has 0 amide bonds. The first-order valence-electron chi connectivity index (χ1n) is 9.29. The van der Waals surface area contributed by atoms with E-state index in [0.29, 0.717) is 33.3 Å². The van der Waals surface area contributed by atoms with Crippen molar-refractivity contribution in [2.45, 2.75) is 29.7 Å². The van der Waals surface area contributed by atoms with E-state index in [2.05, 4.69) is 16.3 Å². The predicted molar refractivity (Wildman–Crippen MR) is 110 cm³/mol. The molecular formula is C20H20Cl2N2O2S. The van der Waals surface area contributed by atoms with Crippen molar-refractivity contribution in [1.29, 1.82) is 0 Å². The fraction of sp³-hybridized carbons (Fsp3) is 0.400. The SMILES string of the molecule is O=S1(=O)CCCN2c3c(cc(-c4ccc(Cl)cc4Cl)cc31)C1CNCCC12. The zero-order chi connectivity index (χ0) is 18.8. The number of anilines is 1. The number of hydrogen-bond donors (Lipinski definition) is 1. The van der Waals surface area contributed by atoms with Crippen LogP contribution in [0, 0.1) is 0 Å². The number of sulfone groups is 1. The summed E-state index contributed by atoms with van der Waals surface area (Å²) in [5, 5.41) is 4.58. The van der Waals surface area contributed by atoms with Crippen LogP contribution < -0.4 is 10.2 Å². The summed E-state index contributed by atoms with van der Waals surface area (Å²) >= 11 is 12.5. The van der Waals surface area contributed by atoms with Gasteiger partial charge in [0.1, 0.15) is 0 Å². The minimum absolute atomic E-state index is 0.198. The number of nitrogens with zero attached hydrogens (tertiary/aromatic N) is 1. The molecule has 3 aliphatic rings. The van der Waals surface area contributed by atoms with E-state index < -0.39 is 9.84 Å². The number of halogens is 2. The molecule has 2 atom stereocenters. The molecule has 1 saturated heterocycles. The minimum atomic E-state index is -3.32. The van der Waals surface area contributed by atoms with E-state index in [1.165, 1.54) is 0 Å². The van der Waals surface area contributed by atoms with Crippen LogP contribution in [0.1, 0.15) is 24.3 Å². The standard InChI is InChI=1S/C20H20Cl2N2O2S/c21-13-2-3-14(17(22)10-13)12-8-15-16-11-23-5-4-18(16)24-6-1-7-27(25,26)19(9-12)20(15)24/h2-3,8-10,16,18,23H,1,4-7,11H2. The molecule has 0 spiro atoms. The van der Waals surface area contributed by atoms with E-state index in [9.17, 15) is 8.42 Å². The molecule has 7 heteroatoms. The number of hydrogen-bond acceptors (Lipinski definition) is 4. The molecule has 1 N–H and O–H groups in total. The maximum atomic E-state index is 13.1. The Balaban J connectivity index is 1.78. The Morgan fingerprint density at radius 3 is 2.81 bits per heavy atom. The first-order valence-corrected chi connectivity index (χ1v) is 11.7. The van der Waals surface area contributed by atoms with E-state index in [0.717, 1.165) is 48.4 Å². The summed E-state index contributed by atoms with van der Waals surface area (Å²) in [6, 6.07) is 9.69. The monoisotopic (exact) mass is 422 g/mol. The van der Waals surface area contributed by atoms with Gasteiger partial charge in [0.25, 0.3) is 0 Å². The quantitative estimate of drug-likeness (QED) is 0.751. The summed E-state index contributed by atoms with van der Waals surface area (Å²) < 4.78 is 26.1. The lowest BCUT2D eigenvalue weighted by atomic mass is 9.88. The Labute approximate surface area is 169 Å². The smallest absolute Gasteiger partial charge is 0.180 e. The lowest BCUT2D eigenvalue weighted by Crippen LogP contribution is -2.44. The van der Waals surface area contributed by atoms with Gasteiger partial charge in [0, 0.05) is 40.7 Å². The Bertz CT molecular complexity index is 1040. The molecule has 3 heterocycles. The van der Waals surface area contributed by atoms with E-state index in [1.807, 2.05) is 12.1 Å². The molecule has 2 unspecified atom stereocenters. The molecule has 2 aromatic rings. The Hall–Kier alpha value is -1.27. The number of benzene rings is 2. The van der Waals surface area contributed by atoms with Crippen molar-refractivity contribution in [3.63, 3.8) is 0 Å². The van der Waals surface area contributed by atoms with Crippen LogP contribution in [0.25, 0.3) is 11.1 Å². The van der Waals surface area contributed by atoms with Crippen LogP contribution in [0.3, 0.4) is 0 Å². The van der Waals surface area contributed by atoms with Crippen molar-refractivity contribution in [2.24, 2.45) is 0 Å². The molecule has 5 rings (SSSR count). The molecular weight excluding hydrogens is 403 g/mol. The molecule has 4 nitrogen and oxygen atoms in total. The molecule has 142 valence electrons. The molecule has 0 radical (unpaired) electrons. The topological polar surface area (TPSA) is 49.4 Å². The third kappa shape index (κ3) is 2.79. The highest BCUT2D eigenvalue weighted by Gasteiger charge is 2.44. The minimum Gasteiger partial charge on any atom is -0.367 e. The summed E-state index contributed by atoms with van der Waals surface area (Å²) in [5.41, 5.74) is 3.73. The Morgan fingerprint density at radius 1 is 1.15 bits per heavy atom. The fourth-order valence-corrected chi connectivity index (χ4v) is 6.93. The van der Waals surface area contributed by atoms with Gasteiger partial charge >= 0.3 is 0 Å². The van der Waals surface area contributed by atoms with Gasteiger partial charge in [0.2, 0.25) is 0 Å². The summed E-state index contributed by atoms with van der Waals surface area (Å²) in [6.45, 7) is 2.66. The summed E-state index contributed by atoms with van der Waals surface area (Å²) in [5.74, 6) is 0.510. The Kier molecular flexibility index (Phi) is 4.20. The van der Waals surface area contributed by atoms with Crippen LogP contribution in [-0.4, -0.2) is 39.8 Å². The van der Waals surface area contributed by atoms with Crippen LogP contribution in [0.15, 0.2) is 35.2 Å². The van der Waals surface area contributed by atoms with Gasteiger partial charge in [-0.05, 0) is 54.8 Å². The zero-order valence-corrected chi connectivity index (χ0v) is 17.0. The summed E-state index contributed by atoms with van der Waals surface area (Å²) in [7, 11) is -3.32. The molecule has 27 heavy (non-hydrogen) atoms. The van der Waals surface area contributed by atoms with E-state index in [1.54, 1.807) is 12.1 Å². The maximum Gasteiger partial charge on any atom is 0.180 e. The van der Waals surface area contributed by atoms with Gasteiger partial charge in [0.15, 0.2) is 9.84 Å².